The van der Waals surface area contributed by atoms with Gasteiger partial charge in [-0.05, 0) is 17.7 Å². The Morgan fingerprint density at radius 3 is 2.86 bits per heavy atom. The SMILES string of the molecule is NC1=NC2=CC=CC3=CC=CC(=N1)C32. The van der Waals surface area contributed by atoms with Crippen LogP contribution in [-0.2, 0) is 0 Å². The molecule has 2 N–H and O–H groups in total. The van der Waals surface area contributed by atoms with Gasteiger partial charge in [-0.2, -0.15) is 0 Å². The summed E-state index contributed by atoms with van der Waals surface area (Å²) < 4.78 is 0. The van der Waals surface area contributed by atoms with Gasteiger partial charge in [0, 0.05) is 0 Å². The lowest BCUT2D eigenvalue weighted by Gasteiger charge is -2.26. The fourth-order valence-corrected chi connectivity index (χ4v) is 1.94. The van der Waals surface area contributed by atoms with E-state index in [4.69, 9.17) is 5.73 Å². The number of rotatable bonds is 0. The van der Waals surface area contributed by atoms with Crippen molar-refractivity contribution in [3.05, 3.63) is 47.7 Å². The second-order valence-corrected chi connectivity index (χ2v) is 3.42. The average molecular weight is 183 g/mol. The molecule has 0 aromatic heterocycles. The van der Waals surface area contributed by atoms with Crippen LogP contribution in [-0.4, -0.2) is 11.7 Å². The zero-order chi connectivity index (χ0) is 9.54. The average Bonchev–Trinajstić information content (AvgIpc) is 2.18. The second kappa shape index (κ2) is 2.54. The summed E-state index contributed by atoms with van der Waals surface area (Å²) in [6.07, 6.45) is 12.1. The van der Waals surface area contributed by atoms with Gasteiger partial charge in [0.25, 0.3) is 0 Å². The molecule has 0 spiro atoms. The third-order valence-corrected chi connectivity index (χ3v) is 2.52. The summed E-state index contributed by atoms with van der Waals surface area (Å²) in [5.74, 6) is 0.556. The van der Waals surface area contributed by atoms with Gasteiger partial charge in [-0.3, -0.25) is 0 Å². The highest BCUT2D eigenvalue weighted by atomic mass is 15.1. The third kappa shape index (κ3) is 0.923. The molecule has 3 rings (SSSR count). The molecule has 2 aliphatic carbocycles. The maximum absolute atomic E-state index is 5.62. The van der Waals surface area contributed by atoms with Crippen molar-refractivity contribution < 1.29 is 0 Å². The molecule has 0 aromatic carbocycles. The largest absolute Gasteiger partial charge is 0.368 e. The smallest absolute Gasteiger partial charge is 0.220 e. The van der Waals surface area contributed by atoms with Crippen LogP contribution in [0.3, 0.4) is 0 Å². The van der Waals surface area contributed by atoms with Crippen molar-refractivity contribution in [3.8, 4) is 0 Å². The Morgan fingerprint density at radius 2 is 1.93 bits per heavy atom. The van der Waals surface area contributed by atoms with Crippen molar-refractivity contribution in [1.29, 1.82) is 0 Å². The molecule has 14 heavy (non-hydrogen) atoms. The van der Waals surface area contributed by atoms with Crippen LogP contribution in [0.4, 0.5) is 0 Å². The molecule has 0 saturated heterocycles. The first-order valence-electron chi connectivity index (χ1n) is 4.54. The monoisotopic (exact) mass is 183 g/mol. The number of aliphatic imine (C=N–C) groups is 2. The van der Waals surface area contributed by atoms with E-state index in [9.17, 15) is 0 Å². The van der Waals surface area contributed by atoms with Gasteiger partial charge in [0.05, 0.1) is 17.3 Å². The van der Waals surface area contributed by atoms with Crippen molar-refractivity contribution in [2.45, 2.75) is 0 Å². The van der Waals surface area contributed by atoms with Gasteiger partial charge in [0.1, 0.15) is 0 Å². The minimum Gasteiger partial charge on any atom is -0.368 e. The number of nitrogens with zero attached hydrogens (tertiary/aromatic N) is 2. The third-order valence-electron chi connectivity index (χ3n) is 2.52. The zero-order valence-electron chi connectivity index (χ0n) is 7.51. The number of hydrogen-bond donors (Lipinski definition) is 1. The molecule has 3 nitrogen and oxygen atoms in total. The maximum Gasteiger partial charge on any atom is 0.220 e. The Morgan fingerprint density at radius 1 is 1.07 bits per heavy atom. The van der Waals surface area contributed by atoms with Gasteiger partial charge in [0.15, 0.2) is 0 Å². The second-order valence-electron chi connectivity index (χ2n) is 3.42. The van der Waals surface area contributed by atoms with Crippen LogP contribution < -0.4 is 5.73 Å². The van der Waals surface area contributed by atoms with E-state index in [1.165, 1.54) is 5.57 Å². The first-order valence-corrected chi connectivity index (χ1v) is 4.54. The Labute approximate surface area is 81.7 Å². The van der Waals surface area contributed by atoms with Crippen LogP contribution >= 0.6 is 0 Å². The molecule has 68 valence electrons. The zero-order valence-corrected chi connectivity index (χ0v) is 7.51. The summed E-state index contributed by atoms with van der Waals surface area (Å²) in [6, 6.07) is 0. The predicted molar refractivity (Wildman–Crippen MR) is 57.0 cm³/mol. The standard InChI is InChI=1S/C11H9N3/c12-11-13-8-5-1-3-7-4-2-6-9(14-11)10(7)8/h1-6,10H,(H2,12,13,14). The minimum atomic E-state index is 0.206. The molecule has 1 unspecified atom stereocenters. The summed E-state index contributed by atoms with van der Waals surface area (Å²) in [5.41, 5.74) is 8.84. The lowest BCUT2D eigenvalue weighted by Crippen LogP contribution is -2.28. The normalized spacial score (nSPS) is 27.3. The summed E-state index contributed by atoms with van der Waals surface area (Å²) in [7, 11) is 0. The maximum atomic E-state index is 5.62. The lowest BCUT2D eigenvalue weighted by molar-refractivity contribution is 0.918. The number of guanidine groups is 1. The van der Waals surface area contributed by atoms with Crippen molar-refractivity contribution in [3.63, 3.8) is 0 Å². The Hall–Kier alpha value is -1.90. The van der Waals surface area contributed by atoms with Gasteiger partial charge >= 0.3 is 0 Å². The van der Waals surface area contributed by atoms with E-state index in [0.29, 0.717) is 5.96 Å². The van der Waals surface area contributed by atoms with Crippen molar-refractivity contribution >= 4 is 11.7 Å². The van der Waals surface area contributed by atoms with Crippen molar-refractivity contribution in [2.24, 2.45) is 21.6 Å². The molecule has 0 amide bonds. The van der Waals surface area contributed by atoms with Crippen LogP contribution in [0, 0.1) is 5.92 Å². The molecule has 0 fully saturated rings. The number of hydrogen-bond acceptors (Lipinski definition) is 3. The van der Waals surface area contributed by atoms with E-state index < -0.39 is 0 Å². The quantitative estimate of drug-likeness (QED) is 0.605. The minimum absolute atomic E-state index is 0.206. The Bertz CT molecular complexity index is 471. The van der Waals surface area contributed by atoms with Gasteiger partial charge in [-0.15, -0.1) is 0 Å². The van der Waals surface area contributed by atoms with E-state index in [1.807, 2.05) is 24.3 Å². The summed E-state index contributed by atoms with van der Waals surface area (Å²) in [5, 5.41) is 0. The summed E-state index contributed by atoms with van der Waals surface area (Å²) >= 11 is 0. The molecule has 1 aliphatic heterocycles. The van der Waals surface area contributed by atoms with E-state index in [-0.39, 0.29) is 5.92 Å². The van der Waals surface area contributed by atoms with Crippen LogP contribution in [0.5, 0.6) is 0 Å². The molecule has 0 saturated carbocycles. The van der Waals surface area contributed by atoms with Crippen LogP contribution in [0.25, 0.3) is 0 Å². The van der Waals surface area contributed by atoms with Crippen LogP contribution in [0.15, 0.2) is 57.7 Å². The summed E-state index contributed by atoms with van der Waals surface area (Å²) in [6.45, 7) is 0. The highest BCUT2D eigenvalue weighted by Crippen LogP contribution is 2.32. The number of allylic oxidation sites excluding steroid dienone is 7. The van der Waals surface area contributed by atoms with Gasteiger partial charge in [-0.25, -0.2) is 9.98 Å². The fraction of sp³-hybridized carbons (Fsp3) is 0.0909. The highest BCUT2D eigenvalue weighted by molar-refractivity contribution is 6.10. The first-order chi connectivity index (χ1) is 6.84. The van der Waals surface area contributed by atoms with E-state index in [0.717, 1.165) is 11.4 Å². The van der Waals surface area contributed by atoms with Gasteiger partial charge in [0.2, 0.25) is 5.96 Å². The van der Waals surface area contributed by atoms with Crippen molar-refractivity contribution in [1.82, 2.24) is 0 Å². The topological polar surface area (TPSA) is 50.7 Å². The molecule has 0 bridgehead atoms. The molecular formula is C11H9N3. The van der Waals surface area contributed by atoms with Gasteiger partial charge < -0.3 is 5.73 Å². The fourth-order valence-electron chi connectivity index (χ4n) is 1.94. The summed E-state index contributed by atoms with van der Waals surface area (Å²) in [4.78, 5) is 8.46. The van der Waals surface area contributed by atoms with E-state index in [1.54, 1.807) is 0 Å². The molecule has 1 atom stereocenters. The predicted octanol–water partition coefficient (Wildman–Crippen LogP) is 1.32. The Kier molecular flexibility index (Phi) is 1.36. The van der Waals surface area contributed by atoms with E-state index >= 15 is 0 Å². The van der Waals surface area contributed by atoms with Crippen LogP contribution in [0.1, 0.15) is 0 Å². The molecule has 1 heterocycles. The number of nitrogens with two attached hydrogens (primary N) is 1. The highest BCUT2D eigenvalue weighted by Gasteiger charge is 2.28. The molecular weight excluding hydrogens is 174 g/mol. The lowest BCUT2D eigenvalue weighted by atomic mass is 9.83. The van der Waals surface area contributed by atoms with Gasteiger partial charge in [-0.1, -0.05) is 24.3 Å². The van der Waals surface area contributed by atoms with Crippen LogP contribution in [0.2, 0.25) is 0 Å². The molecule has 3 heteroatoms. The van der Waals surface area contributed by atoms with E-state index in [2.05, 4.69) is 22.1 Å². The van der Waals surface area contributed by atoms with Crippen molar-refractivity contribution in [2.75, 3.05) is 0 Å². The molecule has 3 aliphatic rings. The Balaban J connectivity index is 2.23. The molecule has 0 radical (unpaired) electrons. The molecule has 0 aromatic rings. The first kappa shape index (κ1) is 7.50.